The van der Waals surface area contributed by atoms with Crippen molar-refractivity contribution in [2.45, 2.75) is 37.3 Å². The predicted molar refractivity (Wildman–Crippen MR) is 104 cm³/mol. The Kier molecular flexibility index (Phi) is 5.36. The molecule has 0 spiro atoms. The number of hydrogen-bond acceptors (Lipinski definition) is 6. The molecule has 5 nitrogen and oxygen atoms in total. The third kappa shape index (κ3) is 3.83. The Labute approximate surface area is 160 Å². The van der Waals surface area contributed by atoms with Gasteiger partial charge in [0.15, 0.2) is 0 Å². The Bertz CT molecular complexity index is 918. The average molecular weight is 386 g/mol. The number of carbonyl (C=O) groups is 1. The first kappa shape index (κ1) is 17.3. The van der Waals surface area contributed by atoms with E-state index in [1.807, 2.05) is 28.5 Å². The molecular weight excluding hydrogens is 366 g/mol. The molecule has 4 rings (SSSR count). The zero-order chi connectivity index (χ0) is 17.8. The van der Waals surface area contributed by atoms with Gasteiger partial charge in [0.2, 0.25) is 5.91 Å². The van der Waals surface area contributed by atoms with E-state index in [1.165, 1.54) is 18.2 Å². The van der Waals surface area contributed by atoms with Crippen LogP contribution in [-0.2, 0) is 11.3 Å². The van der Waals surface area contributed by atoms with Gasteiger partial charge in [0.05, 0.1) is 18.6 Å². The van der Waals surface area contributed by atoms with Crippen LogP contribution < -0.4 is 0 Å². The zero-order valence-corrected chi connectivity index (χ0v) is 15.9. The Morgan fingerprint density at radius 2 is 2.27 bits per heavy atom. The molecule has 0 bridgehead atoms. The number of nitrogens with zero attached hydrogens (tertiary/aromatic N) is 3. The van der Waals surface area contributed by atoms with E-state index in [0.29, 0.717) is 12.3 Å². The fraction of sp³-hybridized carbons (Fsp3) is 0.316. The number of fused-ring (bicyclic) bond motifs is 1. The van der Waals surface area contributed by atoms with Crippen molar-refractivity contribution in [3.63, 3.8) is 0 Å². The summed E-state index contributed by atoms with van der Waals surface area (Å²) in [7, 11) is 0. The highest BCUT2D eigenvalue weighted by molar-refractivity contribution is 8.00. The molecule has 0 saturated heterocycles. The summed E-state index contributed by atoms with van der Waals surface area (Å²) in [6, 6.07) is 5.78. The molecule has 1 aliphatic carbocycles. The van der Waals surface area contributed by atoms with Crippen molar-refractivity contribution in [1.29, 1.82) is 0 Å². The lowest BCUT2D eigenvalue weighted by atomic mass is 10.0. The van der Waals surface area contributed by atoms with Crippen LogP contribution in [0.4, 0.5) is 0 Å². The zero-order valence-electron chi connectivity index (χ0n) is 14.3. The second-order valence-electron chi connectivity index (χ2n) is 6.11. The van der Waals surface area contributed by atoms with E-state index < -0.39 is 0 Å². The van der Waals surface area contributed by atoms with E-state index in [-0.39, 0.29) is 5.91 Å². The van der Waals surface area contributed by atoms with Gasteiger partial charge in [-0.15, -0.1) is 11.3 Å². The molecule has 0 aromatic carbocycles. The SMILES string of the molecule is O=C(CSc1ncnc2sccc12)N(Cc1ccco1)C1=CCCCC1. The van der Waals surface area contributed by atoms with Crippen LogP contribution in [0.1, 0.15) is 31.4 Å². The molecule has 0 fully saturated rings. The number of allylic oxidation sites excluding steroid dienone is 2. The van der Waals surface area contributed by atoms with Crippen molar-refractivity contribution in [3.8, 4) is 0 Å². The highest BCUT2D eigenvalue weighted by Gasteiger charge is 2.21. The number of hydrogen-bond donors (Lipinski definition) is 0. The summed E-state index contributed by atoms with van der Waals surface area (Å²) >= 11 is 3.06. The third-order valence-electron chi connectivity index (χ3n) is 4.37. The monoisotopic (exact) mass is 385 g/mol. The van der Waals surface area contributed by atoms with Gasteiger partial charge < -0.3 is 9.32 Å². The molecule has 3 heterocycles. The van der Waals surface area contributed by atoms with Gasteiger partial charge >= 0.3 is 0 Å². The van der Waals surface area contributed by atoms with E-state index >= 15 is 0 Å². The van der Waals surface area contributed by atoms with E-state index in [9.17, 15) is 4.79 Å². The molecule has 0 aliphatic heterocycles. The van der Waals surface area contributed by atoms with Crippen molar-refractivity contribution in [1.82, 2.24) is 14.9 Å². The van der Waals surface area contributed by atoms with E-state index in [0.717, 1.165) is 46.0 Å². The normalized spacial score (nSPS) is 14.4. The molecule has 0 saturated carbocycles. The number of carbonyl (C=O) groups excluding carboxylic acids is 1. The van der Waals surface area contributed by atoms with Gasteiger partial charge in [0.25, 0.3) is 0 Å². The summed E-state index contributed by atoms with van der Waals surface area (Å²) in [4.78, 5) is 24.4. The smallest absolute Gasteiger partial charge is 0.237 e. The van der Waals surface area contributed by atoms with Crippen LogP contribution in [0.2, 0.25) is 0 Å². The first-order valence-corrected chi connectivity index (χ1v) is 10.5. The molecule has 26 heavy (non-hydrogen) atoms. The number of thiophene rings is 1. The summed E-state index contributed by atoms with van der Waals surface area (Å²) in [5, 5.41) is 3.88. The maximum Gasteiger partial charge on any atom is 0.237 e. The van der Waals surface area contributed by atoms with Crippen molar-refractivity contribution in [2.24, 2.45) is 0 Å². The van der Waals surface area contributed by atoms with Crippen LogP contribution in [-0.4, -0.2) is 26.5 Å². The average Bonchev–Trinajstić information content (AvgIpc) is 3.36. The van der Waals surface area contributed by atoms with Crippen LogP contribution in [0, 0.1) is 0 Å². The van der Waals surface area contributed by atoms with Crippen LogP contribution >= 0.6 is 23.1 Å². The largest absolute Gasteiger partial charge is 0.467 e. The van der Waals surface area contributed by atoms with Crippen LogP contribution in [0.3, 0.4) is 0 Å². The lowest BCUT2D eigenvalue weighted by Crippen LogP contribution is -2.32. The molecular formula is C19H19N3O2S2. The van der Waals surface area contributed by atoms with Crippen molar-refractivity contribution >= 4 is 39.2 Å². The molecule has 0 atom stereocenters. The second-order valence-corrected chi connectivity index (χ2v) is 7.97. The number of furan rings is 1. The van der Waals surface area contributed by atoms with Crippen molar-refractivity contribution in [2.75, 3.05) is 5.75 Å². The molecule has 3 aromatic heterocycles. The highest BCUT2D eigenvalue weighted by atomic mass is 32.2. The maximum atomic E-state index is 13.0. The Hall–Kier alpha value is -2.12. The van der Waals surface area contributed by atoms with Crippen molar-refractivity contribution in [3.05, 3.63) is 53.7 Å². The minimum absolute atomic E-state index is 0.0848. The van der Waals surface area contributed by atoms with Gasteiger partial charge in [-0.1, -0.05) is 17.8 Å². The van der Waals surface area contributed by atoms with Crippen LogP contribution in [0.25, 0.3) is 10.2 Å². The molecule has 0 unspecified atom stereocenters. The van der Waals surface area contributed by atoms with Gasteiger partial charge in [-0.25, -0.2) is 9.97 Å². The fourth-order valence-electron chi connectivity index (χ4n) is 3.06. The summed E-state index contributed by atoms with van der Waals surface area (Å²) in [6.45, 7) is 0.482. The number of rotatable bonds is 6. The Balaban J connectivity index is 1.50. The molecule has 7 heteroatoms. The van der Waals surface area contributed by atoms with E-state index in [1.54, 1.807) is 23.9 Å². The highest BCUT2D eigenvalue weighted by Crippen LogP contribution is 2.29. The van der Waals surface area contributed by atoms with Crippen LogP contribution in [0.5, 0.6) is 0 Å². The Morgan fingerprint density at radius 1 is 1.31 bits per heavy atom. The summed E-state index contributed by atoms with van der Waals surface area (Å²) in [6.07, 6.45) is 9.70. The van der Waals surface area contributed by atoms with Gasteiger partial charge in [0.1, 0.15) is 21.9 Å². The van der Waals surface area contributed by atoms with Crippen molar-refractivity contribution < 1.29 is 9.21 Å². The predicted octanol–water partition coefficient (Wildman–Crippen LogP) is 4.86. The lowest BCUT2D eigenvalue weighted by molar-refractivity contribution is -0.127. The van der Waals surface area contributed by atoms with Gasteiger partial charge in [-0.05, 0) is 49.3 Å². The quantitative estimate of drug-likeness (QED) is 0.448. The first-order chi connectivity index (χ1) is 12.8. The summed E-state index contributed by atoms with van der Waals surface area (Å²) < 4.78 is 5.47. The minimum Gasteiger partial charge on any atom is -0.467 e. The maximum absolute atomic E-state index is 13.0. The standard InChI is InChI=1S/C19H19N3O2S2/c23-17(12-26-19-16-8-10-25-18(16)20-13-21-19)22(11-15-7-4-9-24-15)14-5-2-1-3-6-14/h4-5,7-10,13H,1-3,6,11-12H2. The number of amides is 1. The van der Waals surface area contributed by atoms with Gasteiger partial charge in [0, 0.05) is 11.1 Å². The Morgan fingerprint density at radius 3 is 3.08 bits per heavy atom. The molecule has 0 radical (unpaired) electrons. The topological polar surface area (TPSA) is 59.2 Å². The summed E-state index contributed by atoms with van der Waals surface area (Å²) in [5.74, 6) is 1.23. The lowest BCUT2D eigenvalue weighted by Gasteiger charge is -2.27. The second kappa shape index (κ2) is 8.05. The molecule has 134 valence electrons. The molecule has 3 aromatic rings. The number of thioether (sulfide) groups is 1. The molecule has 0 N–H and O–H groups in total. The van der Waals surface area contributed by atoms with Crippen LogP contribution in [0.15, 0.2) is 57.4 Å². The first-order valence-electron chi connectivity index (χ1n) is 8.64. The molecule has 1 aliphatic rings. The van der Waals surface area contributed by atoms with E-state index in [2.05, 4.69) is 16.0 Å². The third-order valence-corrected chi connectivity index (χ3v) is 6.18. The van der Waals surface area contributed by atoms with Gasteiger partial charge in [-0.2, -0.15) is 0 Å². The van der Waals surface area contributed by atoms with E-state index in [4.69, 9.17) is 4.42 Å². The minimum atomic E-state index is 0.0848. The van der Waals surface area contributed by atoms with Gasteiger partial charge in [-0.3, -0.25) is 4.79 Å². The summed E-state index contributed by atoms with van der Waals surface area (Å²) in [5.41, 5.74) is 1.11. The fourth-order valence-corrected chi connectivity index (χ4v) is 4.72. The number of aromatic nitrogens is 2. The molecule has 1 amide bonds.